The molecule has 0 aliphatic carbocycles. The minimum atomic E-state index is -0.401. The fourth-order valence-electron chi connectivity index (χ4n) is 4.56. The van der Waals surface area contributed by atoms with Crippen LogP contribution in [0.15, 0.2) is 24.3 Å². The third kappa shape index (κ3) is 2.36. The Morgan fingerprint density at radius 1 is 1.07 bits per heavy atom. The number of cyclic esters (lactones) is 1. The van der Waals surface area contributed by atoms with Gasteiger partial charge in [-0.15, -0.1) is 0 Å². The minimum absolute atomic E-state index is 0.0402. The Hall–Kier alpha value is -2.93. The van der Waals surface area contributed by atoms with E-state index in [4.69, 9.17) is 23.7 Å². The Labute approximate surface area is 162 Å². The number of fused-ring (bicyclic) bond motifs is 3. The standard InChI is InChI=1S/C21H21NO6/c1-22-7-6-11-8-15-16(27-10-26-15)9-13(11)18(22)19-12-4-5-14(24-2)20(25-3)17(12)21(23)28-19/h4-5,8-9,18-19H,6-7,10H2,1-3H3/p+1/t18-,19-/m0/s1. The molecule has 7 nitrogen and oxygen atoms in total. The number of hydrogen-bond donors (Lipinski definition) is 1. The number of ether oxygens (including phenoxy) is 5. The zero-order chi connectivity index (χ0) is 19.4. The average molecular weight is 384 g/mol. The van der Waals surface area contributed by atoms with Crippen molar-refractivity contribution >= 4 is 5.97 Å². The van der Waals surface area contributed by atoms with E-state index in [0.717, 1.165) is 35.6 Å². The Balaban J connectivity index is 1.63. The number of likely N-dealkylation sites (N-methyl/N-ethyl adjacent to an activating group) is 1. The van der Waals surface area contributed by atoms with Crippen molar-refractivity contribution in [3.05, 3.63) is 46.5 Å². The van der Waals surface area contributed by atoms with E-state index in [0.29, 0.717) is 17.1 Å². The van der Waals surface area contributed by atoms with Crippen molar-refractivity contribution in [3.8, 4) is 23.0 Å². The lowest BCUT2D eigenvalue weighted by molar-refractivity contribution is -0.919. The van der Waals surface area contributed by atoms with Gasteiger partial charge in [-0.05, 0) is 23.8 Å². The van der Waals surface area contributed by atoms with Crippen LogP contribution in [0.4, 0.5) is 0 Å². The number of nitrogens with one attached hydrogen (secondary N) is 1. The van der Waals surface area contributed by atoms with Gasteiger partial charge < -0.3 is 28.6 Å². The number of rotatable bonds is 3. The Kier molecular flexibility index (Phi) is 3.87. The molecule has 1 N–H and O–H groups in total. The first kappa shape index (κ1) is 17.2. The molecule has 0 spiro atoms. The zero-order valence-corrected chi connectivity index (χ0v) is 16.0. The molecule has 3 aliphatic heterocycles. The number of carbonyl (C=O) groups is 1. The normalized spacial score (nSPS) is 24.4. The lowest BCUT2D eigenvalue weighted by Crippen LogP contribution is -3.11. The van der Waals surface area contributed by atoms with Gasteiger partial charge in [-0.2, -0.15) is 0 Å². The molecule has 0 saturated carbocycles. The van der Waals surface area contributed by atoms with Crippen LogP contribution in [0.3, 0.4) is 0 Å². The molecule has 146 valence electrons. The second-order valence-electron chi connectivity index (χ2n) is 7.32. The van der Waals surface area contributed by atoms with Gasteiger partial charge in [0, 0.05) is 17.5 Å². The van der Waals surface area contributed by atoms with Crippen LogP contribution in [0, 0.1) is 0 Å². The molecule has 5 rings (SSSR count). The van der Waals surface area contributed by atoms with E-state index in [2.05, 4.69) is 13.1 Å². The summed E-state index contributed by atoms with van der Waals surface area (Å²) < 4.78 is 27.8. The predicted octanol–water partition coefficient (Wildman–Crippen LogP) is 1.46. The Bertz CT molecular complexity index is 972. The highest BCUT2D eigenvalue weighted by Crippen LogP contribution is 2.47. The number of quaternary nitrogens is 1. The first-order chi connectivity index (χ1) is 13.6. The van der Waals surface area contributed by atoms with Gasteiger partial charge in [0.2, 0.25) is 6.79 Å². The van der Waals surface area contributed by atoms with E-state index in [1.165, 1.54) is 17.6 Å². The maximum absolute atomic E-state index is 12.8. The van der Waals surface area contributed by atoms with Crippen LogP contribution in [0.2, 0.25) is 0 Å². The molecule has 2 aromatic carbocycles. The van der Waals surface area contributed by atoms with Gasteiger partial charge in [0.15, 0.2) is 35.1 Å². The SMILES string of the molecule is COc1ccc2c(c1OC)C(=O)O[C@@H]2[C@@H]1c2cc3c(cc2CC[NH+]1C)OCO3. The summed E-state index contributed by atoms with van der Waals surface area (Å²) in [4.78, 5) is 14.0. The Morgan fingerprint density at radius 2 is 1.86 bits per heavy atom. The maximum Gasteiger partial charge on any atom is 0.343 e. The van der Waals surface area contributed by atoms with Crippen LogP contribution in [0.1, 0.15) is 39.2 Å². The fourth-order valence-corrected chi connectivity index (χ4v) is 4.56. The summed E-state index contributed by atoms with van der Waals surface area (Å²) in [5.41, 5.74) is 3.63. The summed E-state index contributed by atoms with van der Waals surface area (Å²) in [5.74, 6) is 2.10. The van der Waals surface area contributed by atoms with Gasteiger partial charge >= 0.3 is 5.97 Å². The van der Waals surface area contributed by atoms with Crippen molar-refractivity contribution < 1.29 is 33.4 Å². The van der Waals surface area contributed by atoms with Gasteiger partial charge in [-0.3, -0.25) is 0 Å². The summed E-state index contributed by atoms with van der Waals surface area (Å²) in [7, 11) is 5.22. The molecule has 0 bridgehead atoms. The van der Waals surface area contributed by atoms with Gasteiger partial charge in [-0.25, -0.2) is 4.79 Å². The molecule has 0 saturated heterocycles. The smallest absolute Gasteiger partial charge is 0.343 e. The quantitative estimate of drug-likeness (QED) is 0.809. The van der Waals surface area contributed by atoms with Crippen molar-refractivity contribution in [3.63, 3.8) is 0 Å². The molecule has 28 heavy (non-hydrogen) atoms. The molecule has 2 aromatic rings. The summed E-state index contributed by atoms with van der Waals surface area (Å²) in [5, 5.41) is 0. The van der Waals surface area contributed by atoms with Crippen LogP contribution in [-0.4, -0.2) is 40.6 Å². The number of hydrogen-bond acceptors (Lipinski definition) is 6. The lowest BCUT2D eigenvalue weighted by Gasteiger charge is -2.34. The lowest BCUT2D eigenvalue weighted by atomic mass is 9.86. The molecular weight excluding hydrogens is 362 g/mol. The minimum Gasteiger partial charge on any atom is -0.493 e. The molecule has 7 heteroatoms. The zero-order valence-electron chi connectivity index (χ0n) is 16.0. The predicted molar refractivity (Wildman–Crippen MR) is 98.5 cm³/mol. The van der Waals surface area contributed by atoms with E-state index < -0.39 is 6.10 Å². The summed E-state index contributed by atoms with van der Waals surface area (Å²) in [6.07, 6.45) is 0.537. The topological polar surface area (TPSA) is 67.7 Å². The van der Waals surface area contributed by atoms with Crippen molar-refractivity contribution in [2.45, 2.75) is 18.6 Å². The van der Waals surface area contributed by atoms with E-state index in [9.17, 15) is 4.79 Å². The highest BCUT2D eigenvalue weighted by atomic mass is 16.7. The maximum atomic E-state index is 12.8. The number of carbonyl (C=O) groups excluding carboxylic acids is 1. The second kappa shape index (κ2) is 6.31. The molecule has 1 unspecified atom stereocenters. The van der Waals surface area contributed by atoms with E-state index >= 15 is 0 Å². The monoisotopic (exact) mass is 384 g/mol. The van der Waals surface area contributed by atoms with Crippen LogP contribution in [0.25, 0.3) is 0 Å². The van der Waals surface area contributed by atoms with Gasteiger partial charge in [0.05, 0.1) is 27.8 Å². The molecule has 3 atom stereocenters. The van der Waals surface area contributed by atoms with Crippen molar-refractivity contribution in [2.75, 3.05) is 34.6 Å². The molecule has 3 heterocycles. The molecule has 0 aromatic heterocycles. The summed E-state index contributed by atoms with van der Waals surface area (Å²) >= 11 is 0. The first-order valence-electron chi connectivity index (χ1n) is 9.33. The first-order valence-corrected chi connectivity index (χ1v) is 9.33. The third-order valence-corrected chi connectivity index (χ3v) is 5.91. The molecule has 0 fully saturated rings. The highest BCUT2D eigenvalue weighted by molar-refractivity contribution is 5.98. The summed E-state index contributed by atoms with van der Waals surface area (Å²) in [6.45, 7) is 1.18. The third-order valence-electron chi connectivity index (χ3n) is 5.91. The molecule has 0 amide bonds. The van der Waals surface area contributed by atoms with Gasteiger partial charge in [0.1, 0.15) is 5.56 Å². The van der Waals surface area contributed by atoms with Crippen LogP contribution in [0.5, 0.6) is 23.0 Å². The number of esters is 1. The van der Waals surface area contributed by atoms with E-state index in [-0.39, 0.29) is 18.8 Å². The van der Waals surface area contributed by atoms with Gasteiger partial charge in [0.25, 0.3) is 0 Å². The fraction of sp³-hybridized carbons (Fsp3) is 0.381. The van der Waals surface area contributed by atoms with Crippen LogP contribution >= 0.6 is 0 Å². The average Bonchev–Trinajstić information content (AvgIpc) is 3.29. The summed E-state index contributed by atoms with van der Waals surface area (Å²) in [6, 6.07) is 7.79. The van der Waals surface area contributed by atoms with Crippen molar-refractivity contribution in [2.24, 2.45) is 0 Å². The van der Waals surface area contributed by atoms with Crippen molar-refractivity contribution in [1.82, 2.24) is 0 Å². The Morgan fingerprint density at radius 3 is 2.61 bits per heavy atom. The molecular formula is C21H22NO6+. The number of methoxy groups -OCH3 is 2. The largest absolute Gasteiger partial charge is 0.493 e. The number of benzene rings is 2. The van der Waals surface area contributed by atoms with E-state index in [1.54, 1.807) is 7.11 Å². The van der Waals surface area contributed by atoms with Crippen LogP contribution < -0.4 is 23.8 Å². The van der Waals surface area contributed by atoms with Gasteiger partial charge in [-0.1, -0.05) is 6.07 Å². The van der Waals surface area contributed by atoms with Crippen molar-refractivity contribution in [1.29, 1.82) is 0 Å². The molecule has 0 radical (unpaired) electrons. The second-order valence-corrected chi connectivity index (χ2v) is 7.32. The highest BCUT2D eigenvalue weighted by Gasteiger charge is 2.46. The molecule has 3 aliphatic rings. The van der Waals surface area contributed by atoms with E-state index in [1.807, 2.05) is 18.2 Å². The van der Waals surface area contributed by atoms with Crippen LogP contribution in [-0.2, 0) is 11.2 Å².